The zero-order valence-corrected chi connectivity index (χ0v) is 18.6. The molecule has 5 heterocycles. The number of rotatable bonds is 3. The molecule has 9 nitrogen and oxygen atoms in total. The van der Waals surface area contributed by atoms with Gasteiger partial charge in [-0.2, -0.15) is 4.57 Å². The summed E-state index contributed by atoms with van der Waals surface area (Å²) in [6, 6.07) is 9.79. The van der Waals surface area contributed by atoms with Gasteiger partial charge in [-0.05, 0) is 26.2 Å². The zero-order chi connectivity index (χ0) is 22.9. The predicted octanol–water partition coefficient (Wildman–Crippen LogP) is 0.0198. The average Bonchev–Trinajstić information content (AvgIpc) is 3.00. The number of hydrogen-bond donors (Lipinski definition) is 1. The number of ether oxygens (including phenoxy) is 2. The van der Waals surface area contributed by atoms with Crippen molar-refractivity contribution in [1.82, 2.24) is 14.8 Å². The van der Waals surface area contributed by atoms with Gasteiger partial charge in [-0.1, -0.05) is 12.1 Å². The predicted molar refractivity (Wildman–Crippen MR) is 111 cm³/mol. The van der Waals surface area contributed by atoms with Crippen LogP contribution >= 0.6 is 0 Å². The molecule has 3 aliphatic rings. The third-order valence-corrected chi connectivity index (χ3v) is 7.62. The van der Waals surface area contributed by atoms with E-state index in [1.807, 2.05) is 48.2 Å². The summed E-state index contributed by atoms with van der Waals surface area (Å²) in [4.78, 5) is 35.9. The van der Waals surface area contributed by atoms with Gasteiger partial charge in [-0.3, -0.25) is 19.5 Å². The fourth-order valence-corrected chi connectivity index (χ4v) is 6.79. The molecule has 0 radical (unpaired) electrons. The Labute approximate surface area is 186 Å². The summed E-state index contributed by atoms with van der Waals surface area (Å²) in [5.41, 5.74) is -3.63. The van der Waals surface area contributed by atoms with E-state index in [1.165, 1.54) is 14.2 Å². The molecule has 0 aromatic carbocycles. The van der Waals surface area contributed by atoms with Gasteiger partial charge in [0.05, 0.1) is 26.0 Å². The number of carbonyl (C=O) groups excluding carboxylic acids is 2. The second-order valence-corrected chi connectivity index (χ2v) is 8.99. The summed E-state index contributed by atoms with van der Waals surface area (Å²) >= 11 is 0. The minimum atomic E-state index is -1.94. The maximum atomic E-state index is 13.8. The number of aromatic nitrogens is 2. The summed E-state index contributed by atoms with van der Waals surface area (Å²) in [5, 5.41) is 12.8. The van der Waals surface area contributed by atoms with Crippen LogP contribution in [0.15, 0.2) is 48.8 Å². The minimum absolute atomic E-state index is 0.161. The highest BCUT2D eigenvalue weighted by Crippen LogP contribution is 2.70. The van der Waals surface area contributed by atoms with Crippen molar-refractivity contribution in [3.8, 4) is 0 Å². The highest BCUT2D eigenvalue weighted by Gasteiger charge is 2.91. The molecule has 168 valence electrons. The van der Waals surface area contributed by atoms with Crippen molar-refractivity contribution in [3.63, 3.8) is 0 Å². The Hall–Kier alpha value is -2.88. The lowest BCUT2D eigenvalue weighted by molar-refractivity contribution is -0.827. The van der Waals surface area contributed by atoms with Gasteiger partial charge >= 0.3 is 17.7 Å². The maximum absolute atomic E-state index is 13.8. The monoisotopic (exact) mass is 439 g/mol. The Balaban J connectivity index is 1.95. The molecular weight excluding hydrogens is 412 g/mol. The SMILES string of the molecule is COC(=O)[C@@]12CN(C)C[C@@]3(C(=O)OC)C(c4ccccn4)N(C)C1c1cccc[n+]1[C@@]23O. The molecule has 32 heavy (non-hydrogen) atoms. The van der Waals surface area contributed by atoms with E-state index in [2.05, 4.69) is 4.98 Å². The van der Waals surface area contributed by atoms with E-state index in [4.69, 9.17) is 9.47 Å². The van der Waals surface area contributed by atoms with Gasteiger partial charge in [0.25, 0.3) is 0 Å². The summed E-state index contributed by atoms with van der Waals surface area (Å²) in [6.45, 7) is 0.370. The largest absolute Gasteiger partial charge is 0.468 e. The van der Waals surface area contributed by atoms with E-state index >= 15 is 0 Å². The van der Waals surface area contributed by atoms with Crippen molar-refractivity contribution in [2.75, 3.05) is 41.4 Å². The highest BCUT2D eigenvalue weighted by atomic mass is 16.5. The molecular formula is C23H27N4O5+. The molecule has 4 bridgehead atoms. The maximum Gasteiger partial charge on any atom is 0.325 e. The van der Waals surface area contributed by atoms with Crippen LogP contribution in [0.4, 0.5) is 0 Å². The number of hydrogen-bond acceptors (Lipinski definition) is 8. The number of fused-ring (bicyclic) bond motifs is 2. The van der Waals surface area contributed by atoms with Crippen molar-refractivity contribution >= 4 is 11.9 Å². The van der Waals surface area contributed by atoms with Gasteiger partial charge in [-0.25, -0.2) is 0 Å². The van der Waals surface area contributed by atoms with Crippen molar-refractivity contribution in [3.05, 3.63) is 60.2 Å². The Morgan fingerprint density at radius 3 is 2.25 bits per heavy atom. The molecule has 2 aromatic heterocycles. The molecule has 2 saturated heterocycles. The summed E-state index contributed by atoms with van der Waals surface area (Å²) in [6.07, 6.45) is 3.39. The number of likely N-dealkylation sites (tertiary alicyclic amines) is 2. The molecule has 0 aliphatic carbocycles. The smallest absolute Gasteiger partial charge is 0.325 e. The minimum Gasteiger partial charge on any atom is -0.468 e. The fraction of sp³-hybridized carbons (Fsp3) is 0.478. The molecule has 2 fully saturated rings. The van der Waals surface area contributed by atoms with Gasteiger partial charge in [-0.15, -0.1) is 0 Å². The Morgan fingerprint density at radius 1 is 1.03 bits per heavy atom. The Bertz CT molecular complexity index is 1100. The summed E-state index contributed by atoms with van der Waals surface area (Å²) < 4.78 is 12.3. The number of nitrogens with zero attached hydrogens (tertiary/aromatic N) is 4. The molecule has 0 saturated carbocycles. The average molecular weight is 439 g/mol. The lowest BCUT2D eigenvalue weighted by Crippen LogP contribution is -2.84. The molecule has 1 N–H and O–H groups in total. The van der Waals surface area contributed by atoms with E-state index in [-0.39, 0.29) is 13.1 Å². The summed E-state index contributed by atoms with van der Waals surface area (Å²) in [5.74, 6) is -1.18. The topological polar surface area (TPSA) is 96.1 Å². The number of piperidine rings is 2. The van der Waals surface area contributed by atoms with Crippen LogP contribution in [0.2, 0.25) is 0 Å². The molecule has 9 heteroatoms. The van der Waals surface area contributed by atoms with Crippen LogP contribution in [0, 0.1) is 10.8 Å². The van der Waals surface area contributed by atoms with Crippen molar-refractivity contribution in [2.24, 2.45) is 10.8 Å². The quantitative estimate of drug-likeness (QED) is 0.528. The number of methoxy groups -OCH3 is 2. The third-order valence-electron chi connectivity index (χ3n) is 7.62. The van der Waals surface area contributed by atoms with Crippen molar-refractivity contribution < 1.29 is 28.7 Å². The van der Waals surface area contributed by atoms with Crippen LogP contribution in [0.3, 0.4) is 0 Å². The van der Waals surface area contributed by atoms with Crippen LogP contribution < -0.4 is 4.57 Å². The van der Waals surface area contributed by atoms with Crippen LogP contribution in [-0.2, 0) is 24.8 Å². The van der Waals surface area contributed by atoms with E-state index in [9.17, 15) is 14.7 Å². The Kier molecular flexibility index (Phi) is 4.47. The highest BCUT2D eigenvalue weighted by molar-refractivity contribution is 5.86. The van der Waals surface area contributed by atoms with E-state index < -0.39 is 40.6 Å². The first-order chi connectivity index (χ1) is 15.3. The van der Waals surface area contributed by atoms with E-state index in [0.29, 0.717) is 5.69 Å². The van der Waals surface area contributed by atoms with E-state index in [0.717, 1.165) is 5.69 Å². The zero-order valence-electron chi connectivity index (χ0n) is 18.6. The number of aliphatic hydroxyl groups is 1. The normalized spacial score (nSPS) is 35.8. The first-order valence-electron chi connectivity index (χ1n) is 10.5. The van der Waals surface area contributed by atoms with Gasteiger partial charge in [0, 0.05) is 31.4 Å². The van der Waals surface area contributed by atoms with Crippen LogP contribution in [0.5, 0.6) is 0 Å². The molecule has 3 aliphatic heterocycles. The van der Waals surface area contributed by atoms with Gasteiger partial charge in [0.1, 0.15) is 6.04 Å². The first-order valence-corrected chi connectivity index (χ1v) is 10.5. The van der Waals surface area contributed by atoms with Crippen LogP contribution in [-0.4, -0.2) is 73.2 Å². The number of esters is 2. The van der Waals surface area contributed by atoms with Crippen LogP contribution in [0.1, 0.15) is 23.5 Å². The second kappa shape index (κ2) is 6.81. The molecule has 0 spiro atoms. The number of pyridine rings is 2. The van der Waals surface area contributed by atoms with Crippen molar-refractivity contribution in [1.29, 1.82) is 0 Å². The second-order valence-electron chi connectivity index (χ2n) is 8.99. The fourth-order valence-electron chi connectivity index (χ4n) is 6.79. The lowest BCUT2D eigenvalue weighted by atomic mass is 9.51. The first kappa shape index (κ1) is 21.0. The third kappa shape index (κ3) is 2.09. The molecule has 2 unspecified atom stereocenters. The van der Waals surface area contributed by atoms with Gasteiger partial charge in [0.15, 0.2) is 17.0 Å². The number of carbonyl (C=O) groups is 2. The van der Waals surface area contributed by atoms with Crippen molar-refractivity contribution in [2.45, 2.75) is 17.8 Å². The van der Waals surface area contributed by atoms with Gasteiger partial charge in [0.2, 0.25) is 5.69 Å². The molecule has 2 aromatic rings. The lowest BCUT2D eigenvalue weighted by Gasteiger charge is -2.61. The summed E-state index contributed by atoms with van der Waals surface area (Å²) in [7, 11) is 6.33. The van der Waals surface area contributed by atoms with Gasteiger partial charge < -0.3 is 19.5 Å². The molecule has 5 atom stereocenters. The van der Waals surface area contributed by atoms with E-state index in [1.54, 1.807) is 29.1 Å². The van der Waals surface area contributed by atoms with Crippen LogP contribution in [0.25, 0.3) is 0 Å². The molecule has 5 rings (SSSR count). The Morgan fingerprint density at radius 2 is 1.66 bits per heavy atom. The molecule has 0 amide bonds. The standard InChI is InChI=1S/C23H27N4O5/c1-25-13-21(19(28)31-3)17(15-9-5-7-11-24-15)26(2)18-16-10-6-8-12-27(16)23(21,30)22(18,14-25)20(29)32-4/h5-12,17-18,30H,13-14H2,1-4H3/q+1/t17?,18?,21-,22+,23-/m0/s1.